The third-order valence-corrected chi connectivity index (χ3v) is 11.8. The molecule has 8 rings (SSSR count). The molecule has 56 heavy (non-hydrogen) atoms. The maximum atomic E-state index is 12.1. The van der Waals surface area contributed by atoms with E-state index in [-0.39, 0.29) is 36.1 Å². The topological polar surface area (TPSA) is 252 Å². The summed E-state index contributed by atoms with van der Waals surface area (Å²) in [6.07, 6.45) is -1.38. The number of primary amides is 2. The maximum Gasteiger partial charge on any atom is 0.277 e. The van der Waals surface area contributed by atoms with Gasteiger partial charge in [-0.25, -0.2) is 9.97 Å². The zero-order valence-electron chi connectivity index (χ0n) is 29.9. The smallest absolute Gasteiger partial charge is 0.277 e. The number of aliphatic hydroxyl groups is 4. The molecule has 0 radical (unpaired) electrons. The van der Waals surface area contributed by atoms with Crippen molar-refractivity contribution in [1.82, 2.24) is 19.8 Å². The fourth-order valence-electron chi connectivity index (χ4n) is 6.33. The Bertz CT molecular complexity index is 2270. The molecule has 4 aliphatic heterocycles. The molecule has 4 amide bonds. The van der Waals surface area contributed by atoms with Gasteiger partial charge in [0.1, 0.15) is 36.9 Å². The Balaban J connectivity index is 0.000000172. The number of nitrogens with zero attached hydrogens (tertiary/aromatic N) is 4. The zero-order chi connectivity index (χ0) is 40.1. The van der Waals surface area contributed by atoms with E-state index in [1.807, 2.05) is 0 Å². The second kappa shape index (κ2) is 14.7. The fraction of sp³-hybridized carbons (Fsp3) is 0.316. The van der Waals surface area contributed by atoms with E-state index in [9.17, 15) is 39.6 Å². The van der Waals surface area contributed by atoms with Crippen molar-refractivity contribution in [1.29, 1.82) is 0 Å². The minimum atomic E-state index is -1.70. The number of carbonyl (C=O) groups excluding carboxylic acids is 4. The quantitative estimate of drug-likeness (QED) is 0.152. The van der Waals surface area contributed by atoms with Crippen LogP contribution in [0.4, 0.5) is 0 Å². The second-order valence-electron chi connectivity index (χ2n) is 13.4. The summed E-state index contributed by atoms with van der Waals surface area (Å²) in [6.45, 7) is 0.925. The number of ether oxygens (including phenoxy) is 2. The molecule has 0 aliphatic carbocycles. The zero-order valence-corrected chi connectivity index (χ0v) is 31.5. The highest BCUT2D eigenvalue weighted by Crippen LogP contribution is 2.42. The first-order valence-corrected chi connectivity index (χ1v) is 18.7. The van der Waals surface area contributed by atoms with Gasteiger partial charge in [0, 0.05) is 62.3 Å². The number of thiazole rings is 2. The fourth-order valence-corrected chi connectivity index (χ4v) is 8.13. The summed E-state index contributed by atoms with van der Waals surface area (Å²) < 4.78 is 11.3. The number of aromatic nitrogens is 2. The van der Waals surface area contributed by atoms with E-state index in [1.165, 1.54) is 9.80 Å². The van der Waals surface area contributed by atoms with Crippen LogP contribution in [0.2, 0.25) is 0 Å². The van der Waals surface area contributed by atoms with Gasteiger partial charge < -0.3 is 51.2 Å². The van der Waals surface area contributed by atoms with Crippen molar-refractivity contribution >= 4 is 46.3 Å². The van der Waals surface area contributed by atoms with Gasteiger partial charge in [-0.05, 0) is 36.4 Å². The van der Waals surface area contributed by atoms with E-state index in [0.29, 0.717) is 68.0 Å². The number of likely N-dealkylation sites (N-methyl/N-ethyl adjacent to an activating group) is 2. The lowest BCUT2D eigenvalue weighted by atomic mass is 10.0. The lowest BCUT2D eigenvalue weighted by Gasteiger charge is -2.13. The standard InChI is InChI=1S/2C19H17N3O5S/c2*1-22-7-6-19(26,18(22)25)5-4-10-2-3-13-11(8-10)14-15(12(23)9-27-13)28-17(21-14)16(20)24/h2*2-3,8,12,23,26H,6-7,9H2,1H3,(H2,20,24)/t12-,19+;12-,19-/m10/s1. The largest absolute Gasteiger partial charge is 0.490 e. The van der Waals surface area contributed by atoms with Crippen molar-refractivity contribution in [3.05, 3.63) is 67.3 Å². The van der Waals surface area contributed by atoms with E-state index >= 15 is 0 Å². The summed E-state index contributed by atoms with van der Waals surface area (Å²) in [4.78, 5) is 59.5. The molecule has 18 heteroatoms. The molecule has 2 aromatic heterocycles. The van der Waals surface area contributed by atoms with Gasteiger partial charge in [-0.3, -0.25) is 19.2 Å². The predicted molar refractivity (Wildman–Crippen MR) is 201 cm³/mol. The first-order chi connectivity index (χ1) is 26.6. The predicted octanol–water partition coefficient (Wildman–Crippen LogP) is 0.559. The molecule has 0 unspecified atom stereocenters. The van der Waals surface area contributed by atoms with Crippen LogP contribution in [0, 0.1) is 23.7 Å². The molecule has 4 aliphatic rings. The molecule has 6 heterocycles. The molecule has 16 nitrogen and oxygen atoms in total. The van der Waals surface area contributed by atoms with E-state index < -0.39 is 47.0 Å². The second-order valence-corrected chi connectivity index (χ2v) is 15.5. The van der Waals surface area contributed by atoms with Gasteiger partial charge in [0.25, 0.3) is 23.6 Å². The highest BCUT2D eigenvalue weighted by Gasteiger charge is 2.43. The number of hydrogen-bond donors (Lipinski definition) is 6. The summed E-state index contributed by atoms with van der Waals surface area (Å²) in [6, 6.07) is 10.1. The van der Waals surface area contributed by atoms with Crippen molar-refractivity contribution in [2.24, 2.45) is 11.5 Å². The van der Waals surface area contributed by atoms with Crippen LogP contribution < -0.4 is 20.9 Å². The SMILES string of the molecule is CN1CC[C@@](O)(C#Cc2ccc3c(c2)-c2nc(C(N)=O)sc2[C@@H](O)CO3)C1=O.CN1CC[C@@](O)(C#Cc2ccc3c(c2)-c2nc(C(N)=O)sc2[C@H](O)CO3)C1=O. The summed E-state index contributed by atoms with van der Waals surface area (Å²) in [5.74, 6) is 9.79. The first-order valence-electron chi connectivity index (χ1n) is 17.1. The van der Waals surface area contributed by atoms with Crippen molar-refractivity contribution < 1.29 is 49.1 Å². The van der Waals surface area contributed by atoms with Crippen LogP contribution in [-0.2, 0) is 9.59 Å². The average Bonchev–Trinajstić information content (AvgIpc) is 3.92. The number of hydrogen-bond acceptors (Lipinski definition) is 14. The van der Waals surface area contributed by atoms with Gasteiger partial charge >= 0.3 is 0 Å². The molecule has 2 saturated heterocycles. The molecule has 2 aromatic carbocycles. The Hall–Kier alpha value is -5.86. The van der Waals surface area contributed by atoms with Crippen LogP contribution in [-0.4, -0.2) is 115 Å². The molecule has 2 fully saturated rings. The number of likely N-dealkylation sites (tertiary alicyclic amines) is 2. The van der Waals surface area contributed by atoms with Crippen LogP contribution in [0.1, 0.15) is 65.5 Å². The van der Waals surface area contributed by atoms with Crippen LogP contribution in [0.25, 0.3) is 22.5 Å². The highest BCUT2D eigenvalue weighted by molar-refractivity contribution is 7.14. The summed E-state index contributed by atoms with van der Waals surface area (Å²) in [5, 5.41) is 41.7. The van der Waals surface area contributed by atoms with Gasteiger partial charge in [0.15, 0.2) is 10.0 Å². The Morgan fingerprint density at radius 2 is 1.14 bits per heavy atom. The molecule has 4 atom stereocenters. The number of benzene rings is 2. The van der Waals surface area contributed by atoms with Crippen molar-refractivity contribution in [2.75, 3.05) is 40.4 Å². The number of nitrogens with two attached hydrogens (primary N) is 2. The molecule has 0 spiro atoms. The van der Waals surface area contributed by atoms with Gasteiger partial charge in [-0.1, -0.05) is 23.7 Å². The third kappa shape index (κ3) is 7.17. The summed E-state index contributed by atoms with van der Waals surface area (Å²) in [5.41, 5.74) is 10.3. The Kier molecular flexibility index (Phi) is 10.1. The Labute approximate surface area is 327 Å². The van der Waals surface area contributed by atoms with E-state index in [1.54, 1.807) is 50.5 Å². The molecular formula is C38H34N6O10S2. The summed E-state index contributed by atoms with van der Waals surface area (Å²) >= 11 is 2.05. The maximum absolute atomic E-state index is 12.1. The summed E-state index contributed by atoms with van der Waals surface area (Å²) in [7, 11) is 3.24. The molecular weight excluding hydrogens is 765 g/mol. The lowest BCUT2D eigenvalue weighted by molar-refractivity contribution is -0.138. The number of fused-ring (bicyclic) bond motifs is 6. The minimum Gasteiger partial charge on any atom is -0.490 e. The minimum absolute atomic E-state index is 0.0198. The first kappa shape index (κ1) is 38.4. The molecule has 8 N–H and O–H groups in total. The van der Waals surface area contributed by atoms with Crippen molar-refractivity contribution in [3.63, 3.8) is 0 Å². The van der Waals surface area contributed by atoms with E-state index in [4.69, 9.17) is 20.9 Å². The van der Waals surface area contributed by atoms with Gasteiger partial charge in [0.05, 0.1) is 21.1 Å². The average molecular weight is 799 g/mol. The van der Waals surface area contributed by atoms with Gasteiger partial charge in [-0.2, -0.15) is 0 Å². The highest BCUT2D eigenvalue weighted by atomic mass is 32.1. The van der Waals surface area contributed by atoms with E-state index in [0.717, 1.165) is 22.7 Å². The number of rotatable bonds is 2. The molecule has 0 bridgehead atoms. The van der Waals surface area contributed by atoms with Gasteiger partial charge in [0.2, 0.25) is 11.2 Å². The molecule has 4 aromatic rings. The number of aliphatic hydroxyl groups excluding tert-OH is 2. The third-order valence-electron chi connectivity index (χ3n) is 9.44. The monoisotopic (exact) mass is 798 g/mol. The number of carbonyl (C=O) groups is 4. The Morgan fingerprint density at radius 3 is 1.48 bits per heavy atom. The molecule has 0 saturated carbocycles. The van der Waals surface area contributed by atoms with Crippen LogP contribution >= 0.6 is 22.7 Å². The lowest BCUT2D eigenvalue weighted by Crippen LogP contribution is -2.37. The van der Waals surface area contributed by atoms with Crippen LogP contribution in [0.3, 0.4) is 0 Å². The van der Waals surface area contributed by atoms with Crippen molar-refractivity contribution in [2.45, 2.75) is 36.3 Å². The van der Waals surface area contributed by atoms with Crippen molar-refractivity contribution in [3.8, 4) is 57.7 Å². The van der Waals surface area contributed by atoms with Crippen LogP contribution in [0.15, 0.2) is 36.4 Å². The van der Waals surface area contributed by atoms with E-state index in [2.05, 4.69) is 33.6 Å². The number of amides is 4. The normalized spacial score (nSPS) is 23.2. The Morgan fingerprint density at radius 1 is 0.750 bits per heavy atom. The van der Waals surface area contributed by atoms with Crippen LogP contribution in [0.5, 0.6) is 11.5 Å². The van der Waals surface area contributed by atoms with Gasteiger partial charge in [-0.15, -0.1) is 22.7 Å². The molecule has 288 valence electrons.